The number of anilines is 3. The standard InChI is InChI=1S/C14H17IN4/c1-3-8-16-14-17-10(2)9-13(19-14)18-12-6-4-11(15)5-7-12/h4-7,9H,3,8H2,1-2H3,(H2,16,17,18,19). The van der Waals surface area contributed by atoms with Crippen molar-refractivity contribution in [3.63, 3.8) is 0 Å². The SMILES string of the molecule is CCCNc1nc(C)cc(Nc2ccc(I)cc2)n1. The van der Waals surface area contributed by atoms with Crippen LogP contribution < -0.4 is 10.6 Å². The van der Waals surface area contributed by atoms with E-state index in [0.717, 1.165) is 30.2 Å². The highest BCUT2D eigenvalue weighted by atomic mass is 127. The number of hydrogen-bond donors (Lipinski definition) is 2. The predicted molar refractivity (Wildman–Crippen MR) is 88.0 cm³/mol. The number of rotatable bonds is 5. The molecule has 1 aromatic heterocycles. The number of nitrogens with one attached hydrogen (secondary N) is 2. The third kappa shape index (κ3) is 4.34. The van der Waals surface area contributed by atoms with E-state index in [1.807, 2.05) is 25.1 Å². The Hall–Kier alpha value is -1.37. The number of aryl methyl sites for hydroxylation is 1. The van der Waals surface area contributed by atoms with Crippen LogP contribution in [0, 0.1) is 10.5 Å². The average Bonchev–Trinajstić information content (AvgIpc) is 2.38. The first-order valence-corrected chi connectivity index (χ1v) is 7.37. The Labute approximate surface area is 127 Å². The molecule has 2 aromatic rings. The van der Waals surface area contributed by atoms with E-state index in [1.165, 1.54) is 3.57 Å². The molecule has 0 aliphatic heterocycles. The summed E-state index contributed by atoms with van der Waals surface area (Å²) in [5.74, 6) is 1.49. The van der Waals surface area contributed by atoms with Gasteiger partial charge >= 0.3 is 0 Å². The van der Waals surface area contributed by atoms with Crippen LogP contribution in [0.2, 0.25) is 0 Å². The second-order valence-electron chi connectivity index (χ2n) is 4.28. The number of nitrogens with zero attached hydrogens (tertiary/aromatic N) is 2. The summed E-state index contributed by atoms with van der Waals surface area (Å²) in [5.41, 5.74) is 1.97. The summed E-state index contributed by atoms with van der Waals surface area (Å²) in [7, 11) is 0. The molecule has 0 radical (unpaired) electrons. The Morgan fingerprint density at radius 2 is 1.89 bits per heavy atom. The maximum absolute atomic E-state index is 4.45. The van der Waals surface area contributed by atoms with Gasteiger partial charge in [-0.25, -0.2) is 4.98 Å². The lowest BCUT2D eigenvalue weighted by Gasteiger charge is -2.09. The molecule has 0 fully saturated rings. The van der Waals surface area contributed by atoms with Crippen molar-refractivity contribution in [1.82, 2.24) is 9.97 Å². The molecule has 19 heavy (non-hydrogen) atoms. The van der Waals surface area contributed by atoms with Crippen molar-refractivity contribution in [3.8, 4) is 0 Å². The first-order chi connectivity index (χ1) is 9.17. The van der Waals surface area contributed by atoms with Gasteiger partial charge < -0.3 is 10.6 Å². The van der Waals surface area contributed by atoms with Crippen LogP contribution in [0.15, 0.2) is 30.3 Å². The van der Waals surface area contributed by atoms with Crippen molar-refractivity contribution >= 4 is 40.0 Å². The summed E-state index contributed by atoms with van der Waals surface area (Å²) >= 11 is 2.29. The van der Waals surface area contributed by atoms with E-state index in [0.29, 0.717) is 5.95 Å². The topological polar surface area (TPSA) is 49.8 Å². The van der Waals surface area contributed by atoms with Gasteiger partial charge in [0.25, 0.3) is 0 Å². The van der Waals surface area contributed by atoms with Gasteiger partial charge in [0.1, 0.15) is 5.82 Å². The molecule has 0 saturated carbocycles. The Morgan fingerprint density at radius 1 is 1.16 bits per heavy atom. The normalized spacial score (nSPS) is 10.3. The molecule has 1 aromatic carbocycles. The molecular formula is C14H17IN4. The quantitative estimate of drug-likeness (QED) is 0.785. The molecule has 0 aliphatic carbocycles. The van der Waals surface area contributed by atoms with Crippen LogP contribution in [-0.2, 0) is 0 Å². The van der Waals surface area contributed by atoms with Gasteiger partial charge in [-0.2, -0.15) is 4.98 Å². The van der Waals surface area contributed by atoms with Gasteiger partial charge in [0.05, 0.1) is 0 Å². The molecule has 2 N–H and O–H groups in total. The minimum atomic E-state index is 0.676. The second-order valence-corrected chi connectivity index (χ2v) is 5.52. The van der Waals surface area contributed by atoms with E-state index in [9.17, 15) is 0 Å². The Kier molecular flexibility index (Phi) is 4.95. The maximum atomic E-state index is 4.45. The number of benzene rings is 1. The molecule has 0 bridgehead atoms. The molecule has 1 heterocycles. The summed E-state index contributed by atoms with van der Waals surface area (Å²) in [6.45, 7) is 4.97. The van der Waals surface area contributed by atoms with Crippen LogP contribution in [0.3, 0.4) is 0 Å². The average molecular weight is 368 g/mol. The molecule has 0 saturated heterocycles. The zero-order chi connectivity index (χ0) is 13.7. The van der Waals surface area contributed by atoms with Crippen LogP contribution in [0.4, 0.5) is 17.5 Å². The lowest BCUT2D eigenvalue weighted by Crippen LogP contribution is -2.06. The van der Waals surface area contributed by atoms with Gasteiger partial charge in [0, 0.05) is 27.6 Å². The van der Waals surface area contributed by atoms with E-state index < -0.39 is 0 Å². The molecule has 2 rings (SSSR count). The lowest BCUT2D eigenvalue weighted by molar-refractivity contribution is 0.947. The summed E-state index contributed by atoms with van der Waals surface area (Å²) in [6, 6.07) is 10.1. The fourth-order valence-electron chi connectivity index (χ4n) is 1.63. The van der Waals surface area contributed by atoms with Crippen molar-refractivity contribution in [1.29, 1.82) is 0 Å². The summed E-state index contributed by atoms with van der Waals surface area (Å²) in [6.07, 6.45) is 1.05. The minimum absolute atomic E-state index is 0.676. The summed E-state index contributed by atoms with van der Waals surface area (Å²) in [4.78, 5) is 8.82. The van der Waals surface area contributed by atoms with Crippen LogP contribution in [0.1, 0.15) is 19.0 Å². The maximum Gasteiger partial charge on any atom is 0.224 e. The third-order valence-electron chi connectivity index (χ3n) is 2.50. The van der Waals surface area contributed by atoms with Crippen molar-refractivity contribution in [2.45, 2.75) is 20.3 Å². The highest BCUT2D eigenvalue weighted by Gasteiger charge is 2.02. The van der Waals surface area contributed by atoms with Crippen molar-refractivity contribution in [2.24, 2.45) is 0 Å². The molecule has 0 amide bonds. The van der Waals surface area contributed by atoms with Crippen LogP contribution in [0.25, 0.3) is 0 Å². The first kappa shape index (κ1) is 14.0. The van der Waals surface area contributed by atoms with E-state index in [4.69, 9.17) is 0 Å². The van der Waals surface area contributed by atoms with Crippen LogP contribution >= 0.6 is 22.6 Å². The molecule has 0 unspecified atom stereocenters. The Balaban J connectivity index is 2.15. The van der Waals surface area contributed by atoms with Gasteiger partial charge in [-0.3, -0.25) is 0 Å². The zero-order valence-electron chi connectivity index (χ0n) is 11.1. The molecule has 5 heteroatoms. The number of halogens is 1. The molecular weight excluding hydrogens is 351 g/mol. The van der Waals surface area contributed by atoms with E-state index >= 15 is 0 Å². The smallest absolute Gasteiger partial charge is 0.224 e. The zero-order valence-corrected chi connectivity index (χ0v) is 13.2. The first-order valence-electron chi connectivity index (χ1n) is 6.29. The fraction of sp³-hybridized carbons (Fsp3) is 0.286. The molecule has 0 aliphatic rings. The third-order valence-corrected chi connectivity index (χ3v) is 3.22. The van der Waals surface area contributed by atoms with Gasteiger partial charge in [0.2, 0.25) is 5.95 Å². The molecule has 100 valence electrons. The second kappa shape index (κ2) is 6.70. The monoisotopic (exact) mass is 368 g/mol. The largest absolute Gasteiger partial charge is 0.354 e. The van der Waals surface area contributed by atoms with E-state index in [1.54, 1.807) is 0 Å². The number of hydrogen-bond acceptors (Lipinski definition) is 4. The van der Waals surface area contributed by atoms with Crippen molar-refractivity contribution in [3.05, 3.63) is 39.6 Å². The predicted octanol–water partition coefficient (Wildman–Crippen LogP) is 3.96. The summed E-state index contributed by atoms with van der Waals surface area (Å²) in [5, 5.41) is 6.50. The minimum Gasteiger partial charge on any atom is -0.354 e. The fourth-order valence-corrected chi connectivity index (χ4v) is 1.99. The van der Waals surface area contributed by atoms with E-state index in [2.05, 4.69) is 62.2 Å². The van der Waals surface area contributed by atoms with Gasteiger partial charge in [-0.1, -0.05) is 6.92 Å². The van der Waals surface area contributed by atoms with Gasteiger partial charge in [-0.05, 0) is 60.2 Å². The van der Waals surface area contributed by atoms with E-state index in [-0.39, 0.29) is 0 Å². The molecule has 0 atom stereocenters. The lowest BCUT2D eigenvalue weighted by atomic mass is 10.3. The van der Waals surface area contributed by atoms with Crippen LogP contribution in [0.5, 0.6) is 0 Å². The molecule has 0 spiro atoms. The van der Waals surface area contributed by atoms with Crippen molar-refractivity contribution < 1.29 is 0 Å². The molecule has 4 nitrogen and oxygen atoms in total. The highest BCUT2D eigenvalue weighted by Crippen LogP contribution is 2.18. The highest BCUT2D eigenvalue weighted by molar-refractivity contribution is 14.1. The van der Waals surface area contributed by atoms with Crippen molar-refractivity contribution in [2.75, 3.05) is 17.2 Å². The van der Waals surface area contributed by atoms with Gasteiger partial charge in [0.15, 0.2) is 0 Å². The summed E-state index contributed by atoms with van der Waals surface area (Å²) < 4.78 is 1.22. The van der Waals surface area contributed by atoms with Gasteiger partial charge in [-0.15, -0.1) is 0 Å². The Morgan fingerprint density at radius 3 is 2.58 bits per heavy atom. The Bertz CT molecular complexity index is 540. The van der Waals surface area contributed by atoms with Crippen LogP contribution in [-0.4, -0.2) is 16.5 Å². The number of aromatic nitrogens is 2.